The smallest absolute Gasteiger partial charge is 0.188 e. The number of ether oxygens (including phenoxy) is 2. The van der Waals surface area contributed by atoms with Crippen molar-refractivity contribution in [3.05, 3.63) is 0 Å². The van der Waals surface area contributed by atoms with Crippen LogP contribution in [0.5, 0.6) is 0 Å². The van der Waals surface area contributed by atoms with E-state index in [0.717, 1.165) is 52.1 Å². The van der Waals surface area contributed by atoms with Crippen LogP contribution in [0, 0.1) is 0 Å². The standard InChI is InChI=1S/C12H27O4P.Y/c1-4-14-10-6-8-12(16-17(3)13)9-7-11-15-5-2;/h12,17H,4-11H2,1-3H3;. The summed E-state index contributed by atoms with van der Waals surface area (Å²) >= 11 is 0. The molecule has 0 amide bonds. The Morgan fingerprint density at radius 1 is 1.00 bits per heavy atom. The first-order chi connectivity index (χ1) is 8.20. The van der Waals surface area contributed by atoms with E-state index in [1.54, 1.807) is 6.66 Å². The topological polar surface area (TPSA) is 44.8 Å². The number of hydrogen-bond donors (Lipinski definition) is 0. The molecule has 1 radical (unpaired) electrons. The number of hydrogen-bond acceptors (Lipinski definition) is 4. The van der Waals surface area contributed by atoms with Gasteiger partial charge in [-0.05, 0) is 39.5 Å². The molecule has 0 aromatic carbocycles. The Morgan fingerprint density at radius 2 is 1.44 bits per heavy atom. The molecule has 0 saturated carbocycles. The second kappa shape index (κ2) is 16.3. The Hall–Kier alpha value is 1.21. The van der Waals surface area contributed by atoms with Gasteiger partial charge in [-0.25, -0.2) is 0 Å². The van der Waals surface area contributed by atoms with Crippen LogP contribution in [0.2, 0.25) is 0 Å². The maximum atomic E-state index is 11.1. The summed E-state index contributed by atoms with van der Waals surface area (Å²) in [6.45, 7) is 8.63. The summed E-state index contributed by atoms with van der Waals surface area (Å²) in [6, 6.07) is 0. The molecule has 0 fully saturated rings. The fraction of sp³-hybridized carbons (Fsp3) is 1.00. The second-order valence-corrected chi connectivity index (χ2v) is 5.13. The summed E-state index contributed by atoms with van der Waals surface area (Å²) in [5.74, 6) is 0. The zero-order valence-electron chi connectivity index (χ0n) is 11.9. The molecule has 0 bridgehead atoms. The molecule has 0 spiro atoms. The Kier molecular flexibility index (Phi) is 19.4. The molecule has 4 nitrogen and oxygen atoms in total. The molecular formula is C12H27O4PY. The van der Waals surface area contributed by atoms with Gasteiger partial charge >= 0.3 is 0 Å². The van der Waals surface area contributed by atoms with Crippen LogP contribution in [0.3, 0.4) is 0 Å². The molecule has 107 valence electrons. The third kappa shape index (κ3) is 15.3. The van der Waals surface area contributed by atoms with Crippen molar-refractivity contribution in [2.45, 2.75) is 45.6 Å². The van der Waals surface area contributed by atoms with Crippen molar-refractivity contribution in [2.75, 3.05) is 33.1 Å². The van der Waals surface area contributed by atoms with E-state index in [0.29, 0.717) is 0 Å². The van der Waals surface area contributed by atoms with Gasteiger partial charge in [-0.1, -0.05) is 0 Å². The average Bonchev–Trinajstić information content (AvgIpc) is 2.29. The van der Waals surface area contributed by atoms with Crippen LogP contribution in [-0.2, 0) is 51.3 Å². The van der Waals surface area contributed by atoms with Crippen LogP contribution >= 0.6 is 8.03 Å². The fourth-order valence-corrected chi connectivity index (χ4v) is 2.32. The number of rotatable bonds is 12. The fourth-order valence-electron chi connectivity index (χ4n) is 1.61. The Bertz CT molecular complexity index is 181. The van der Waals surface area contributed by atoms with Gasteiger partial charge in [0, 0.05) is 65.8 Å². The van der Waals surface area contributed by atoms with Crippen molar-refractivity contribution in [3.63, 3.8) is 0 Å². The van der Waals surface area contributed by atoms with Gasteiger partial charge in [0.15, 0.2) is 8.03 Å². The van der Waals surface area contributed by atoms with Gasteiger partial charge in [0.1, 0.15) is 0 Å². The molecule has 0 aliphatic carbocycles. The van der Waals surface area contributed by atoms with E-state index in [4.69, 9.17) is 14.0 Å². The normalized spacial score (nSPS) is 12.4. The third-order valence-corrected chi connectivity index (χ3v) is 3.04. The van der Waals surface area contributed by atoms with Gasteiger partial charge in [-0.15, -0.1) is 0 Å². The van der Waals surface area contributed by atoms with Gasteiger partial charge < -0.3 is 14.0 Å². The molecule has 0 aromatic rings. The predicted molar refractivity (Wildman–Crippen MR) is 71.3 cm³/mol. The van der Waals surface area contributed by atoms with Crippen LogP contribution in [-0.4, -0.2) is 39.2 Å². The maximum Gasteiger partial charge on any atom is 0.188 e. The summed E-state index contributed by atoms with van der Waals surface area (Å²) in [6.07, 6.45) is 3.84. The monoisotopic (exact) mass is 355 g/mol. The van der Waals surface area contributed by atoms with E-state index in [9.17, 15) is 4.57 Å². The van der Waals surface area contributed by atoms with E-state index in [2.05, 4.69) is 0 Å². The summed E-state index contributed by atoms with van der Waals surface area (Å²) in [5, 5.41) is 0. The SMILES string of the molecule is CCOCCCC(CCCOCC)O[PH](C)=O.[Y]. The molecule has 1 atom stereocenters. The molecule has 0 saturated heterocycles. The predicted octanol–water partition coefficient (Wildman–Crippen LogP) is 3.11. The van der Waals surface area contributed by atoms with Gasteiger partial charge in [0.05, 0.1) is 6.10 Å². The summed E-state index contributed by atoms with van der Waals surface area (Å²) < 4.78 is 27.1. The van der Waals surface area contributed by atoms with Gasteiger partial charge in [-0.2, -0.15) is 0 Å². The minimum Gasteiger partial charge on any atom is -0.382 e. The minimum atomic E-state index is -1.85. The van der Waals surface area contributed by atoms with Crippen LogP contribution in [0.1, 0.15) is 39.5 Å². The molecule has 6 heteroatoms. The molecule has 0 aliphatic heterocycles. The molecule has 1 unspecified atom stereocenters. The molecule has 0 N–H and O–H groups in total. The Balaban J connectivity index is 0. The van der Waals surface area contributed by atoms with Crippen molar-refractivity contribution in [1.82, 2.24) is 0 Å². The van der Waals surface area contributed by atoms with Gasteiger partial charge in [0.2, 0.25) is 0 Å². The van der Waals surface area contributed by atoms with E-state index in [1.807, 2.05) is 13.8 Å². The van der Waals surface area contributed by atoms with E-state index >= 15 is 0 Å². The van der Waals surface area contributed by atoms with Crippen LogP contribution < -0.4 is 0 Å². The van der Waals surface area contributed by atoms with E-state index in [-0.39, 0.29) is 38.8 Å². The molecule has 0 aromatic heterocycles. The Morgan fingerprint density at radius 3 is 1.78 bits per heavy atom. The summed E-state index contributed by atoms with van der Waals surface area (Å²) in [7, 11) is -1.85. The summed E-state index contributed by atoms with van der Waals surface area (Å²) in [5.41, 5.74) is 0. The van der Waals surface area contributed by atoms with Crippen molar-refractivity contribution in [3.8, 4) is 0 Å². The second-order valence-electron chi connectivity index (χ2n) is 3.91. The van der Waals surface area contributed by atoms with Crippen molar-refractivity contribution in [2.24, 2.45) is 0 Å². The first-order valence-electron chi connectivity index (χ1n) is 6.53. The molecule has 0 aliphatic rings. The molecule has 18 heavy (non-hydrogen) atoms. The molecule has 0 rings (SSSR count). The van der Waals surface area contributed by atoms with Gasteiger partial charge in [0.25, 0.3) is 0 Å². The minimum absolute atomic E-state index is 0. The third-order valence-electron chi connectivity index (χ3n) is 2.37. The maximum absolute atomic E-state index is 11.1. The Labute approximate surface area is 137 Å². The zero-order chi connectivity index (χ0) is 12.9. The molecular weight excluding hydrogens is 328 g/mol. The zero-order valence-corrected chi connectivity index (χ0v) is 15.8. The van der Waals surface area contributed by atoms with Crippen molar-refractivity contribution >= 4 is 8.03 Å². The van der Waals surface area contributed by atoms with Crippen molar-refractivity contribution < 1.29 is 51.3 Å². The first kappa shape index (κ1) is 21.5. The van der Waals surface area contributed by atoms with Crippen molar-refractivity contribution in [1.29, 1.82) is 0 Å². The van der Waals surface area contributed by atoms with Crippen LogP contribution in [0.25, 0.3) is 0 Å². The van der Waals surface area contributed by atoms with Crippen LogP contribution in [0.4, 0.5) is 0 Å². The quantitative estimate of drug-likeness (QED) is 0.399. The largest absolute Gasteiger partial charge is 0.382 e. The summed E-state index contributed by atoms with van der Waals surface area (Å²) in [4.78, 5) is 0. The van der Waals surface area contributed by atoms with E-state index in [1.165, 1.54) is 0 Å². The van der Waals surface area contributed by atoms with Crippen LogP contribution in [0.15, 0.2) is 0 Å². The molecule has 0 heterocycles. The van der Waals surface area contributed by atoms with E-state index < -0.39 is 8.03 Å². The first-order valence-corrected chi connectivity index (χ1v) is 8.35. The average molecular weight is 355 g/mol. The van der Waals surface area contributed by atoms with Gasteiger partial charge in [-0.3, -0.25) is 4.57 Å².